The van der Waals surface area contributed by atoms with Crippen LogP contribution in [0.1, 0.15) is 44.7 Å². The molecule has 0 N–H and O–H groups in total. The van der Waals surface area contributed by atoms with Crippen molar-refractivity contribution in [3.8, 4) is 0 Å². The van der Waals surface area contributed by atoms with Gasteiger partial charge in [-0.15, -0.1) is 0 Å². The number of anilines is 1. The van der Waals surface area contributed by atoms with Crippen molar-refractivity contribution in [2.24, 2.45) is 0 Å². The van der Waals surface area contributed by atoms with E-state index in [1.54, 1.807) is 6.07 Å². The van der Waals surface area contributed by atoms with Crippen LogP contribution in [0.3, 0.4) is 0 Å². The molecule has 0 aromatic heterocycles. The summed E-state index contributed by atoms with van der Waals surface area (Å²) < 4.78 is 44.0. The van der Waals surface area contributed by atoms with E-state index in [0.717, 1.165) is 36.2 Å². The molecule has 2 aromatic rings. The fraction of sp³-hybridized carbons (Fsp3) is 0.440. The number of halogens is 3. The second kappa shape index (κ2) is 9.03. The van der Waals surface area contributed by atoms with Gasteiger partial charge in [-0.1, -0.05) is 18.2 Å². The number of imide groups is 1. The maximum absolute atomic E-state index is 13.2. The van der Waals surface area contributed by atoms with Crippen molar-refractivity contribution in [1.82, 2.24) is 9.80 Å². The van der Waals surface area contributed by atoms with Gasteiger partial charge in [-0.3, -0.25) is 19.4 Å². The Morgan fingerprint density at radius 2 is 1.68 bits per heavy atom. The number of benzene rings is 2. The quantitative estimate of drug-likeness (QED) is 0.619. The highest BCUT2D eigenvalue weighted by atomic mass is 19.4. The Labute approximate surface area is 195 Å². The summed E-state index contributed by atoms with van der Waals surface area (Å²) in [7, 11) is 0. The number of rotatable bonds is 5. The van der Waals surface area contributed by atoms with Crippen molar-refractivity contribution in [3.05, 3.63) is 64.7 Å². The number of alkyl halides is 3. The van der Waals surface area contributed by atoms with E-state index < -0.39 is 11.7 Å². The summed E-state index contributed by atoms with van der Waals surface area (Å²) in [6, 6.07) is 10.7. The maximum Gasteiger partial charge on any atom is 0.416 e. The van der Waals surface area contributed by atoms with Gasteiger partial charge >= 0.3 is 6.18 Å². The molecule has 34 heavy (non-hydrogen) atoms. The lowest BCUT2D eigenvalue weighted by Crippen LogP contribution is -2.46. The van der Waals surface area contributed by atoms with Crippen molar-refractivity contribution in [1.29, 1.82) is 0 Å². The van der Waals surface area contributed by atoms with Crippen LogP contribution in [0.5, 0.6) is 0 Å². The first-order chi connectivity index (χ1) is 16.3. The van der Waals surface area contributed by atoms with Gasteiger partial charge in [0.15, 0.2) is 0 Å². The molecule has 0 aliphatic carbocycles. The van der Waals surface area contributed by atoms with E-state index in [0.29, 0.717) is 50.5 Å². The fourth-order valence-electron chi connectivity index (χ4n) is 4.94. The summed E-state index contributed by atoms with van der Waals surface area (Å²) in [5.74, 6) is -0.531. The van der Waals surface area contributed by atoms with E-state index in [2.05, 4.69) is 9.80 Å². The third-order valence-electron chi connectivity index (χ3n) is 6.79. The molecule has 5 rings (SSSR count). The molecule has 6 nitrogen and oxygen atoms in total. The van der Waals surface area contributed by atoms with E-state index in [1.165, 1.54) is 17.0 Å². The molecule has 3 aliphatic heterocycles. The number of fused-ring (bicyclic) bond motifs is 1. The summed E-state index contributed by atoms with van der Waals surface area (Å²) in [5, 5.41) is 0. The van der Waals surface area contributed by atoms with Gasteiger partial charge in [0.05, 0.1) is 35.0 Å². The minimum Gasteiger partial charge on any atom is -0.376 e. The first kappa shape index (κ1) is 22.9. The number of carbonyl (C=O) groups excluding carboxylic acids is 2. The standard InChI is InChI=1S/C25H26F3N3O3/c26-25(27,28)18-8-6-17(7-9-18)15-29-10-12-30(13-11-29)21-5-1-4-20-22(21)24(33)31(23(20)32)16-19-3-2-14-34-19/h1,4-9,19H,2-3,10-16H2. The number of amides is 2. The lowest BCUT2D eigenvalue weighted by atomic mass is 10.1. The lowest BCUT2D eigenvalue weighted by molar-refractivity contribution is -0.137. The predicted octanol–water partition coefficient (Wildman–Crippen LogP) is 3.80. The Bertz CT molecular complexity index is 1070. The zero-order valence-corrected chi connectivity index (χ0v) is 18.7. The van der Waals surface area contributed by atoms with Crippen LogP contribution in [0, 0.1) is 0 Å². The highest BCUT2D eigenvalue weighted by Crippen LogP contribution is 2.33. The minimum atomic E-state index is -4.33. The molecule has 2 fully saturated rings. The molecule has 180 valence electrons. The molecule has 9 heteroatoms. The molecule has 3 heterocycles. The van der Waals surface area contributed by atoms with Gasteiger partial charge in [-0.25, -0.2) is 0 Å². The van der Waals surface area contributed by atoms with Crippen LogP contribution in [0.2, 0.25) is 0 Å². The normalized spacial score (nSPS) is 21.4. The summed E-state index contributed by atoms with van der Waals surface area (Å²) in [5.41, 5.74) is 1.84. The molecular formula is C25H26F3N3O3. The van der Waals surface area contributed by atoms with Crippen LogP contribution in [0.4, 0.5) is 18.9 Å². The minimum absolute atomic E-state index is 0.0978. The van der Waals surface area contributed by atoms with E-state index in [-0.39, 0.29) is 24.5 Å². The molecule has 2 amide bonds. The SMILES string of the molecule is O=C1c2cccc(N3CCN(Cc4ccc(C(F)(F)F)cc4)CC3)c2C(=O)N1CC1CCCO1. The Kier molecular flexibility index (Phi) is 6.07. The second-order valence-corrected chi connectivity index (χ2v) is 9.01. The molecule has 2 saturated heterocycles. The van der Waals surface area contributed by atoms with E-state index in [1.807, 2.05) is 12.1 Å². The van der Waals surface area contributed by atoms with Crippen molar-refractivity contribution in [3.63, 3.8) is 0 Å². The van der Waals surface area contributed by atoms with Gasteiger partial charge < -0.3 is 9.64 Å². The Morgan fingerprint density at radius 1 is 0.941 bits per heavy atom. The van der Waals surface area contributed by atoms with Gasteiger partial charge in [-0.2, -0.15) is 13.2 Å². The van der Waals surface area contributed by atoms with Gasteiger partial charge in [0, 0.05) is 39.3 Å². The van der Waals surface area contributed by atoms with Crippen LogP contribution in [-0.2, 0) is 17.5 Å². The van der Waals surface area contributed by atoms with Crippen molar-refractivity contribution in [2.75, 3.05) is 44.2 Å². The predicted molar refractivity (Wildman–Crippen MR) is 120 cm³/mol. The zero-order chi connectivity index (χ0) is 23.9. The smallest absolute Gasteiger partial charge is 0.376 e. The van der Waals surface area contributed by atoms with Crippen molar-refractivity contribution >= 4 is 17.5 Å². The molecule has 2 aromatic carbocycles. The van der Waals surface area contributed by atoms with Gasteiger partial charge in [0.2, 0.25) is 0 Å². The number of hydrogen-bond acceptors (Lipinski definition) is 5. The summed E-state index contributed by atoms with van der Waals surface area (Å²) in [6.45, 7) is 4.22. The third-order valence-corrected chi connectivity index (χ3v) is 6.79. The van der Waals surface area contributed by atoms with Crippen LogP contribution in [0.25, 0.3) is 0 Å². The van der Waals surface area contributed by atoms with Crippen LogP contribution in [0.15, 0.2) is 42.5 Å². The van der Waals surface area contributed by atoms with Gasteiger partial charge in [-0.05, 0) is 42.7 Å². The average Bonchev–Trinajstić information content (AvgIpc) is 3.42. The van der Waals surface area contributed by atoms with E-state index in [4.69, 9.17) is 4.74 Å². The topological polar surface area (TPSA) is 53.1 Å². The van der Waals surface area contributed by atoms with Crippen LogP contribution >= 0.6 is 0 Å². The monoisotopic (exact) mass is 473 g/mol. The number of carbonyl (C=O) groups is 2. The van der Waals surface area contributed by atoms with Crippen molar-refractivity contribution in [2.45, 2.75) is 31.7 Å². The highest BCUT2D eigenvalue weighted by molar-refractivity contribution is 6.23. The van der Waals surface area contributed by atoms with Crippen LogP contribution in [-0.4, -0.2) is 67.0 Å². The molecule has 1 unspecified atom stereocenters. The lowest BCUT2D eigenvalue weighted by Gasteiger charge is -2.36. The molecule has 0 spiro atoms. The number of hydrogen-bond donors (Lipinski definition) is 0. The second-order valence-electron chi connectivity index (χ2n) is 9.01. The Balaban J connectivity index is 1.24. The molecular weight excluding hydrogens is 447 g/mol. The molecule has 1 atom stereocenters. The van der Waals surface area contributed by atoms with E-state index in [9.17, 15) is 22.8 Å². The number of piperazine rings is 1. The molecule has 0 radical (unpaired) electrons. The summed E-state index contributed by atoms with van der Waals surface area (Å²) in [6.07, 6.45) is -2.64. The average molecular weight is 473 g/mol. The van der Waals surface area contributed by atoms with E-state index >= 15 is 0 Å². The maximum atomic E-state index is 13.2. The summed E-state index contributed by atoms with van der Waals surface area (Å²) in [4.78, 5) is 31.7. The van der Waals surface area contributed by atoms with Gasteiger partial charge in [0.1, 0.15) is 0 Å². The highest BCUT2D eigenvalue weighted by Gasteiger charge is 2.40. The Hall–Kier alpha value is -2.91. The number of ether oxygens (including phenoxy) is 1. The largest absolute Gasteiger partial charge is 0.416 e. The molecule has 0 saturated carbocycles. The zero-order valence-electron chi connectivity index (χ0n) is 18.7. The summed E-state index contributed by atoms with van der Waals surface area (Å²) >= 11 is 0. The molecule has 3 aliphatic rings. The Morgan fingerprint density at radius 3 is 2.32 bits per heavy atom. The van der Waals surface area contributed by atoms with Crippen LogP contribution < -0.4 is 4.90 Å². The first-order valence-corrected chi connectivity index (χ1v) is 11.6. The fourth-order valence-corrected chi connectivity index (χ4v) is 4.94. The van der Waals surface area contributed by atoms with Gasteiger partial charge in [0.25, 0.3) is 11.8 Å². The first-order valence-electron chi connectivity index (χ1n) is 11.6. The third kappa shape index (κ3) is 4.42. The number of nitrogens with zero attached hydrogens (tertiary/aromatic N) is 3. The molecule has 0 bridgehead atoms. The van der Waals surface area contributed by atoms with Crippen molar-refractivity contribution < 1.29 is 27.5 Å².